The van der Waals surface area contributed by atoms with Gasteiger partial charge in [-0.25, -0.2) is 0 Å². The van der Waals surface area contributed by atoms with Crippen LogP contribution in [0, 0.1) is 11.8 Å². The van der Waals surface area contributed by atoms with Gasteiger partial charge in [0, 0.05) is 18.5 Å². The highest BCUT2D eigenvalue weighted by Gasteiger charge is 2.39. The fraction of sp³-hybridized carbons (Fsp3) is 0.583. The van der Waals surface area contributed by atoms with Crippen LogP contribution in [0.5, 0.6) is 0 Å². The Hall–Kier alpha value is -1.54. The molecule has 0 unspecified atom stereocenters. The van der Waals surface area contributed by atoms with Crippen molar-refractivity contribution >= 4 is 28.2 Å². The van der Waals surface area contributed by atoms with Gasteiger partial charge in [0.05, 0.1) is 0 Å². The molecule has 20 heavy (non-hydrogen) atoms. The van der Waals surface area contributed by atoms with Gasteiger partial charge in [-0.15, -0.1) is 0 Å². The molecule has 0 aromatic carbocycles. The topological polar surface area (TPSA) is 109 Å². The second-order valence-electron chi connectivity index (χ2n) is 5.15. The Bertz CT molecular complexity index is 571. The van der Waals surface area contributed by atoms with Crippen LogP contribution in [0.1, 0.15) is 25.7 Å². The summed E-state index contributed by atoms with van der Waals surface area (Å²) in [5.41, 5.74) is 0. The number of nitrogens with zero attached hydrogens (tertiary/aromatic N) is 1. The summed E-state index contributed by atoms with van der Waals surface area (Å²) in [6.45, 7) is 0.124. The van der Waals surface area contributed by atoms with Crippen LogP contribution in [0.25, 0.3) is 0 Å². The molecule has 1 aliphatic heterocycles. The molecule has 0 saturated heterocycles. The van der Waals surface area contributed by atoms with E-state index in [2.05, 4.69) is 0 Å². The second kappa shape index (κ2) is 5.45. The third-order valence-corrected chi connectivity index (χ3v) is 4.63. The molecular weight excluding hydrogens is 286 g/mol. The zero-order chi connectivity index (χ0) is 14.9. The van der Waals surface area contributed by atoms with E-state index in [1.807, 2.05) is 0 Å². The van der Waals surface area contributed by atoms with E-state index in [9.17, 15) is 22.8 Å². The third-order valence-electron chi connectivity index (χ3n) is 3.78. The minimum atomic E-state index is -4.67. The van der Waals surface area contributed by atoms with Crippen molar-refractivity contribution in [3.05, 3.63) is 11.0 Å². The van der Waals surface area contributed by atoms with Crippen LogP contribution in [0.15, 0.2) is 11.0 Å². The van der Waals surface area contributed by atoms with Gasteiger partial charge in [-0.3, -0.25) is 19.0 Å². The normalized spacial score (nSPS) is 27.6. The van der Waals surface area contributed by atoms with Crippen molar-refractivity contribution in [3.8, 4) is 0 Å². The van der Waals surface area contributed by atoms with Crippen LogP contribution in [0.3, 0.4) is 0 Å². The lowest BCUT2D eigenvalue weighted by atomic mass is 9.82. The van der Waals surface area contributed by atoms with E-state index in [1.165, 1.54) is 0 Å². The van der Waals surface area contributed by atoms with Crippen molar-refractivity contribution in [2.45, 2.75) is 25.7 Å². The third kappa shape index (κ3) is 2.96. The van der Waals surface area contributed by atoms with Crippen molar-refractivity contribution in [2.75, 3.05) is 6.54 Å². The van der Waals surface area contributed by atoms with Crippen molar-refractivity contribution in [3.63, 3.8) is 0 Å². The highest BCUT2D eigenvalue weighted by atomic mass is 32.2. The van der Waals surface area contributed by atoms with Crippen molar-refractivity contribution in [1.29, 1.82) is 0 Å². The lowest BCUT2D eigenvalue weighted by molar-refractivity contribution is -0.138. The molecule has 110 valence electrons. The Balaban J connectivity index is 2.01. The molecule has 1 fully saturated rings. The summed E-state index contributed by atoms with van der Waals surface area (Å²) in [6.07, 6.45) is 4.41. The Morgan fingerprint density at radius 2 is 1.85 bits per heavy atom. The quantitative estimate of drug-likeness (QED) is 0.449. The Morgan fingerprint density at radius 3 is 2.30 bits per heavy atom. The summed E-state index contributed by atoms with van der Waals surface area (Å²) >= 11 is 0. The van der Waals surface area contributed by atoms with Gasteiger partial charge in [0.2, 0.25) is 0 Å². The van der Waals surface area contributed by atoms with E-state index < -0.39 is 26.8 Å². The highest BCUT2D eigenvalue weighted by Crippen LogP contribution is 2.29. The molecule has 0 aromatic heterocycles. The number of rotatable bonds is 4. The van der Waals surface area contributed by atoms with E-state index in [0.717, 1.165) is 11.2 Å². The number of carbonyl (C=O) groups is 3. The highest BCUT2D eigenvalue weighted by molar-refractivity contribution is 7.90. The average Bonchev–Trinajstić information content (AvgIpc) is 2.67. The first-order valence-corrected chi connectivity index (χ1v) is 7.77. The van der Waals surface area contributed by atoms with E-state index in [1.54, 1.807) is 0 Å². The molecule has 1 N–H and O–H groups in total. The molecular formula is C12H15NO6S. The molecule has 0 radical (unpaired) electrons. The monoisotopic (exact) mass is 301 g/mol. The van der Waals surface area contributed by atoms with Gasteiger partial charge in [0.15, 0.2) is 4.91 Å². The van der Waals surface area contributed by atoms with Gasteiger partial charge in [-0.1, -0.05) is 0 Å². The van der Waals surface area contributed by atoms with Gasteiger partial charge in [-0.05, 0) is 31.6 Å². The number of aldehydes is 1. The van der Waals surface area contributed by atoms with Crippen molar-refractivity contribution in [1.82, 2.24) is 4.90 Å². The molecule has 0 aromatic rings. The van der Waals surface area contributed by atoms with E-state index in [-0.39, 0.29) is 18.4 Å². The fourth-order valence-corrected chi connectivity index (χ4v) is 3.19. The minimum absolute atomic E-state index is 0.0303. The summed E-state index contributed by atoms with van der Waals surface area (Å²) in [5, 5.41) is 0. The van der Waals surface area contributed by atoms with Crippen molar-refractivity contribution < 1.29 is 27.4 Å². The molecule has 2 rings (SSSR count). The Kier molecular flexibility index (Phi) is 4.05. The maximum absolute atomic E-state index is 11.8. The molecule has 1 aliphatic carbocycles. The standard InChI is InChI=1S/C12H15NO6S/c14-7-9-3-1-8(2-4-9)6-13-11(15)5-10(12(13)16)20(17,18)19/h5,7-9H,1-4,6H2,(H,17,18,19). The zero-order valence-corrected chi connectivity index (χ0v) is 11.5. The van der Waals surface area contributed by atoms with Crippen molar-refractivity contribution in [2.24, 2.45) is 11.8 Å². The molecule has 0 spiro atoms. The first-order valence-electron chi connectivity index (χ1n) is 6.33. The van der Waals surface area contributed by atoms with Gasteiger partial charge in [0.1, 0.15) is 6.29 Å². The number of hydrogen-bond acceptors (Lipinski definition) is 5. The first-order chi connectivity index (χ1) is 9.32. The molecule has 2 aliphatic rings. The molecule has 1 saturated carbocycles. The summed E-state index contributed by atoms with van der Waals surface area (Å²) in [4.78, 5) is 34.0. The Labute approximate surface area is 116 Å². The number of hydrogen-bond donors (Lipinski definition) is 1. The smallest absolute Gasteiger partial charge is 0.300 e. The van der Waals surface area contributed by atoms with Crippen LogP contribution in [0.2, 0.25) is 0 Å². The van der Waals surface area contributed by atoms with E-state index >= 15 is 0 Å². The number of imide groups is 1. The zero-order valence-electron chi connectivity index (χ0n) is 10.7. The maximum Gasteiger partial charge on any atom is 0.300 e. The van der Waals surface area contributed by atoms with E-state index in [0.29, 0.717) is 31.8 Å². The van der Waals surface area contributed by atoms with Crippen LogP contribution < -0.4 is 0 Å². The SMILES string of the molecule is O=CC1CCC(CN2C(=O)C=C(S(=O)(=O)O)C2=O)CC1. The average molecular weight is 301 g/mol. The second-order valence-corrected chi connectivity index (χ2v) is 6.54. The van der Waals surface area contributed by atoms with Gasteiger partial charge in [0.25, 0.3) is 21.9 Å². The first kappa shape index (κ1) is 14.9. The predicted octanol–water partition coefficient (Wildman–Crippen LogP) is 0.132. The van der Waals surface area contributed by atoms with Crippen LogP contribution in [-0.4, -0.2) is 42.5 Å². The lowest BCUT2D eigenvalue weighted by Crippen LogP contribution is -2.37. The van der Waals surface area contributed by atoms with E-state index in [4.69, 9.17) is 4.55 Å². The minimum Gasteiger partial charge on any atom is -0.303 e. The van der Waals surface area contributed by atoms with Gasteiger partial charge >= 0.3 is 0 Å². The summed E-state index contributed by atoms with van der Waals surface area (Å²) < 4.78 is 30.8. The summed E-state index contributed by atoms with van der Waals surface area (Å²) in [5.74, 6) is -1.61. The summed E-state index contributed by atoms with van der Waals surface area (Å²) in [6, 6.07) is 0. The fourth-order valence-electron chi connectivity index (χ4n) is 2.61. The van der Waals surface area contributed by atoms with Crippen LogP contribution >= 0.6 is 0 Å². The van der Waals surface area contributed by atoms with Gasteiger partial charge < -0.3 is 4.79 Å². The number of amides is 2. The molecule has 0 atom stereocenters. The molecule has 8 heteroatoms. The number of carbonyl (C=O) groups excluding carboxylic acids is 3. The molecule has 0 bridgehead atoms. The molecule has 7 nitrogen and oxygen atoms in total. The largest absolute Gasteiger partial charge is 0.303 e. The van der Waals surface area contributed by atoms with Gasteiger partial charge in [-0.2, -0.15) is 8.42 Å². The summed E-state index contributed by atoms with van der Waals surface area (Å²) in [7, 11) is -4.67. The predicted molar refractivity (Wildman–Crippen MR) is 67.9 cm³/mol. The van der Waals surface area contributed by atoms with Crippen LogP contribution in [0.4, 0.5) is 0 Å². The van der Waals surface area contributed by atoms with Crippen LogP contribution in [-0.2, 0) is 24.5 Å². The Morgan fingerprint density at radius 1 is 1.25 bits per heavy atom. The molecule has 2 amide bonds. The maximum atomic E-state index is 11.8. The molecule has 1 heterocycles. The lowest BCUT2D eigenvalue weighted by Gasteiger charge is -2.28.